The zero-order valence-corrected chi connectivity index (χ0v) is 24.3. The van der Waals surface area contributed by atoms with Crippen molar-refractivity contribution in [3.63, 3.8) is 0 Å². The molecule has 4 nitrogen and oxygen atoms in total. The monoisotopic (exact) mass is 577 g/mol. The lowest BCUT2D eigenvalue weighted by atomic mass is 9.95. The summed E-state index contributed by atoms with van der Waals surface area (Å²) >= 11 is 0. The fraction of sp³-hybridized carbons (Fsp3) is 0.0244. The van der Waals surface area contributed by atoms with Gasteiger partial charge in [-0.1, -0.05) is 133 Å². The maximum Gasteiger partial charge on any atom is 0.169 e. The number of hydrogen-bond donors (Lipinski definition) is 1. The molecule has 1 aliphatic rings. The number of benzene rings is 7. The molecule has 0 saturated heterocycles. The minimum absolute atomic E-state index is 0.384. The zero-order chi connectivity index (χ0) is 29.7. The van der Waals surface area contributed by atoms with E-state index in [1.165, 1.54) is 16.2 Å². The van der Waals surface area contributed by atoms with Gasteiger partial charge in [-0.2, -0.15) is 0 Å². The summed E-state index contributed by atoms with van der Waals surface area (Å²) in [5.74, 6) is 1.62. The van der Waals surface area contributed by atoms with Crippen LogP contribution in [-0.4, -0.2) is 11.7 Å². The maximum absolute atomic E-state index is 6.55. The van der Waals surface area contributed by atoms with Crippen LogP contribution < -0.4 is 5.32 Å². The molecule has 0 unspecified atom stereocenters. The van der Waals surface area contributed by atoms with Gasteiger partial charge >= 0.3 is 0 Å². The van der Waals surface area contributed by atoms with Gasteiger partial charge in [0, 0.05) is 27.3 Å². The molecule has 0 radical (unpaired) electrons. The van der Waals surface area contributed by atoms with Crippen molar-refractivity contribution in [2.45, 2.75) is 6.17 Å². The molecule has 8 aromatic rings. The number of amidine groups is 2. The first kappa shape index (κ1) is 25.5. The van der Waals surface area contributed by atoms with Crippen molar-refractivity contribution in [1.82, 2.24) is 5.32 Å². The maximum atomic E-state index is 6.55. The Morgan fingerprint density at radius 1 is 0.444 bits per heavy atom. The summed E-state index contributed by atoms with van der Waals surface area (Å²) < 4.78 is 6.55. The van der Waals surface area contributed by atoms with Crippen LogP contribution in [0.25, 0.3) is 54.6 Å². The van der Waals surface area contributed by atoms with Crippen molar-refractivity contribution >= 4 is 55.2 Å². The minimum atomic E-state index is -0.384. The third-order valence-electron chi connectivity index (χ3n) is 8.70. The predicted molar refractivity (Wildman–Crippen MR) is 186 cm³/mol. The Kier molecular flexibility index (Phi) is 5.85. The molecule has 0 fully saturated rings. The van der Waals surface area contributed by atoms with Gasteiger partial charge in [0.25, 0.3) is 0 Å². The van der Waals surface area contributed by atoms with E-state index >= 15 is 0 Å². The summed E-state index contributed by atoms with van der Waals surface area (Å²) in [5.41, 5.74) is 7.14. The van der Waals surface area contributed by atoms with Gasteiger partial charge in [0.2, 0.25) is 0 Å². The van der Waals surface area contributed by atoms with Gasteiger partial charge in [0.05, 0.1) is 0 Å². The van der Waals surface area contributed by atoms with Crippen LogP contribution in [0.2, 0.25) is 0 Å². The first-order valence-electron chi connectivity index (χ1n) is 15.2. The quantitative estimate of drug-likeness (QED) is 0.212. The fourth-order valence-electron chi connectivity index (χ4n) is 6.55. The third kappa shape index (κ3) is 4.30. The summed E-state index contributed by atoms with van der Waals surface area (Å²) in [4.78, 5) is 10.2. The molecule has 4 heteroatoms. The van der Waals surface area contributed by atoms with Gasteiger partial charge in [0.1, 0.15) is 22.8 Å². The average molecular weight is 578 g/mol. The Morgan fingerprint density at radius 3 is 1.69 bits per heavy atom. The fourth-order valence-corrected chi connectivity index (χ4v) is 6.55. The molecule has 0 bridgehead atoms. The lowest BCUT2D eigenvalue weighted by molar-refractivity contribution is 0.673. The van der Waals surface area contributed by atoms with E-state index in [2.05, 4.69) is 121 Å². The van der Waals surface area contributed by atoms with Crippen molar-refractivity contribution in [2.24, 2.45) is 9.98 Å². The highest BCUT2D eigenvalue weighted by Gasteiger charge is 2.21. The summed E-state index contributed by atoms with van der Waals surface area (Å²) in [6.45, 7) is 0. The van der Waals surface area contributed by atoms with E-state index < -0.39 is 0 Å². The third-order valence-corrected chi connectivity index (χ3v) is 8.70. The van der Waals surface area contributed by atoms with Gasteiger partial charge in [-0.15, -0.1) is 0 Å². The van der Waals surface area contributed by atoms with Gasteiger partial charge in [-0.3, -0.25) is 0 Å². The van der Waals surface area contributed by atoms with Crippen molar-refractivity contribution < 1.29 is 4.42 Å². The first-order chi connectivity index (χ1) is 22.3. The van der Waals surface area contributed by atoms with Crippen LogP contribution in [0.4, 0.5) is 0 Å². The van der Waals surface area contributed by atoms with E-state index in [0.717, 1.165) is 66.8 Å². The van der Waals surface area contributed by atoms with Gasteiger partial charge in [-0.25, -0.2) is 9.98 Å². The molecule has 0 saturated carbocycles. The number of hydrogen-bond acceptors (Lipinski definition) is 4. The van der Waals surface area contributed by atoms with Gasteiger partial charge < -0.3 is 9.73 Å². The molecule has 1 aliphatic heterocycles. The molecule has 45 heavy (non-hydrogen) atoms. The number of rotatable bonds is 4. The van der Waals surface area contributed by atoms with E-state index in [4.69, 9.17) is 14.4 Å². The van der Waals surface area contributed by atoms with Crippen LogP contribution in [0, 0.1) is 0 Å². The highest BCUT2D eigenvalue weighted by Crippen LogP contribution is 2.42. The molecule has 7 aromatic carbocycles. The molecule has 0 atom stereocenters. The van der Waals surface area contributed by atoms with Crippen molar-refractivity contribution in [3.05, 3.63) is 168 Å². The van der Waals surface area contributed by atoms with E-state index in [0.29, 0.717) is 0 Å². The van der Waals surface area contributed by atoms with Crippen molar-refractivity contribution in [2.75, 3.05) is 0 Å². The van der Waals surface area contributed by atoms with E-state index in [1.54, 1.807) is 0 Å². The second-order valence-corrected chi connectivity index (χ2v) is 11.4. The number of nitrogens with zero attached hydrogens (tertiary/aromatic N) is 2. The Morgan fingerprint density at radius 2 is 1.00 bits per heavy atom. The number of nitrogens with one attached hydrogen (secondary N) is 1. The largest absolute Gasteiger partial charge is 0.455 e. The Bertz CT molecular complexity index is 2400. The summed E-state index contributed by atoms with van der Waals surface area (Å²) in [6.07, 6.45) is -0.384. The molecule has 1 aromatic heterocycles. The van der Waals surface area contributed by atoms with Crippen LogP contribution >= 0.6 is 0 Å². The zero-order valence-electron chi connectivity index (χ0n) is 24.3. The van der Waals surface area contributed by atoms with E-state index in [9.17, 15) is 0 Å². The smallest absolute Gasteiger partial charge is 0.169 e. The average Bonchev–Trinajstić information content (AvgIpc) is 3.52. The molecule has 0 amide bonds. The summed E-state index contributed by atoms with van der Waals surface area (Å²) in [6, 6.07) is 52.7. The first-order valence-corrected chi connectivity index (χ1v) is 15.2. The van der Waals surface area contributed by atoms with Crippen LogP contribution in [-0.2, 0) is 0 Å². The second kappa shape index (κ2) is 10.3. The highest BCUT2D eigenvalue weighted by molar-refractivity contribution is 6.30. The summed E-state index contributed by atoms with van der Waals surface area (Å²) in [7, 11) is 0. The Hall–Kier alpha value is -6.00. The lowest BCUT2D eigenvalue weighted by Gasteiger charge is -2.22. The SMILES string of the molecule is c1ccc(C2=NC(c3cccc(-c4ccc5oc6c7ccccc7c7ccccc7c6c5c4)c3)N=C(c3ccccc3)N2)cc1. The molecule has 0 spiro atoms. The van der Waals surface area contributed by atoms with Crippen LogP contribution in [0.1, 0.15) is 22.9 Å². The minimum Gasteiger partial charge on any atom is -0.455 e. The standard InChI is InChI=1S/C41H27N3O/c1-3-12-26(13-4-1)39-42-40(27-14-5-2-6-15-27)44-41(43-39)30-17-11-16-28(24-30)29-22-23-36-35(25-29)37-33-20-9-7-18-31(33)32-19-8-10-21-34(32)38(37)45-36/h1-25,41H,(H,42,43,44). The number of furan rings is 1. The topological polar surface area (TPSA) is 49.9 Å². The Balaban J connectivity index is 1.19. The lowest BCUT2D eigenvalue weighted by Crippen LogP contribution is -2.35. The molecule has 9 rings (SSSR count). The summed E-state index contributed by atoms with van der Waals surface area (Å²) in [5, 5.41) is 10.5. The molecule has 1 N–H and O–H groups in total. The van der Waals surface area contributed by atoms with Crippen molar-refractivity contribution in [1.29, 1.82) is 0 Å². The van der Waals surface area contributed by atoms with Gasteiger partial charge in [0.15, 0.2) is 6.17 Å². The van der Waals surface area contributed by atoms with E-state index in [1.807, 2.05) is 36.4 Å². The number of aliphatic imine (C=N–C) groups is 2. The van der Waals surface area contributed by atoms with Gasteiger partial charge in [-0.05, 0) is 51.0 Å². The van der Waals surface area contributed by atoms with E-state index in [-0.39, 0.29) is 6.17 Å². The molecule has 212 valence electrons. The molecule has 0 aliphatic carbocycles. The van der Waals surface area contributed by atoms with Crippen LogP contribution in [0.5, 0.6) is 0 Å². The van der Waals surface area contributed by atoms with Crippen LogP contribution in [0.15, 0.2) is 166 Å². The molecular weight excluding hydrogens is 550 g/mol. The van der Waals surface area contributed by atoms with Crippen LogP contribution in [0.3, 0.4) is 0 Å². The Labute approximate surface area is 260 Å². The molecular formula is C41H27N3O. The highest BCUT2D eigenvalue weighted by atomic mass is 16.3. The second-order valence-electron chi connectivity index (χ2n) is 11.4. The molecule has 2 heterocycles. The van der Waals surface area contributed by atoms with Crippen molar-refractivity contribution in [3.8, 4) is 11.1 Å². The number of fused-ring (bicyclic) bond motifs is 8. The normalized spacial score (nSPS) is 13.7. The predicted octanol–water partition coefficient (Wildman–Crippen LogP) is 10.1.